The first-order valence-electron chi connectivity index (χ1n) is 8.55. The van der Waals surface area contributed by atoms with Gasteiger partial charge in [-0.1, -0.05) is 29.3 Å². The van der Waals surface area contributed by atoms with E-state index in [1.807, 2.05) is 12.4 Å². The van der Waals surface area contributed by atoms with Crippen molar-refractivity contribution in [1.82, 2.24) is 9.88 Å². The third-order valence-corrected chi connectivity index (χ3v) is 4.75. The van der Waals surface area contributed by atoms with Crippen LogP contribution in [0.3, 0.4) is 0 Å². The Balaban J connectivity index is 1.71. The highest BCUT2D eigenvalue weighted by molar-refractivity contribution is 5.76. The summed E-state index contributed by atoms with van der Waals surface area (Å²) in [6, 6.07) is 8.81. The van der Waals surface area contributed by atoms with Crippen molar-refractivity contribution in [1.29, 1.82) is 0 Å². The maximum atomic E-state index is 11.3. The van der Waals surface area contributed by atoms with Gasteiger partial charge < -0.3 is 5.73 Å². The molecule has 1 fully saturated rings. The van der Waals surface area contributed by atoms with Gasteiger partial charge in [0.1, 0.15) is 0 Å². The number of nitrogens with zero attached hydrogens (tertiary/aromatic N) is 2. The lowest BCUT2D eigenvalue weighted by atomic mass is 9.96. The van der Waals surface area contributed by atoms with E-state index >= 15 is 0 Å². The molecule has 4 nitrogen and oxygen atoms in total. The second-order valence-corrected chi connectivity index (χ2v) is 6.91. The second kappa shape index (κ2) is 7.14. The fourth-order valence-electron chi connectivity index (χ4n) is 3.51. The molecule has 0 atom stereocenters. The van der Waals surface area contributed by atoms with Gasteiger partial charge >= 0.3 is 0 Å². The number of pyridine rings is 1. The number of primary amides is 1. The van der Waals surface area contributed by atoms with Crippen LogP contribution in [0.5, 0.6) is 0 Å². The minimum atomic E-state index is -0.159. The molecule has 0 bridgehead atoms. The monoisotopic (exact) mass is 323 g/mol. The summed E-state index contributed by atoms with van der Waals surface area (Å²) in [5.41, 5.74) is 11.5. The van der Waals surface area contributed by atoms with Crippen molar-refractivity contribution in [2.45, 2.75) is 33.2 Å². The Labute approximate surface area is 143 Å². The van der Waals surface area contributed by atoms with E-state index in [9.17, 15) is 4.79 Å². The molecule has 1 aromatic heterocycles. The first-order chi connectivity index (χ1) is 11.5. The quantitative estimate of drug-likeness (QED) is 0.941. The number of hydrogen-bond acceptors (Lipinski definition) is 3. The summed E-state index contributed by atoms with van der Waals surface area (Å²) >= 11 is 0. The average Bonchev–Trinajstić information content (AvgIpc) is 2.55. The molecule has 2 heterocycles. The number of aryl methyl sites for hydroxylation is 2. The number of hydrogen-bond donors (Lipinski definition) is 1. The van der Waals surface area contributed by atoms with Crippen molar-refractivity contribution in [3.63, 3.8) is 0 Å². The van der Waals surface area contributed by atoms with Crippen molar-refractivity contribution in [2.24, 2.45) is 11.7 Å². The highest BCUT2D eigenvalue weighted by atomic mass is 16.1. The van der Waals surface area contributed by atoms with Crippen LogP contribution in [0, 0.1) is 19.8 Å². The lowest BCUT2D eigenvalue weighted by Gasteiger charge is -2.30. The standard InChI is InChI=1S/C20H25N3O/c1-14-7-15(2)9-18(8-14)19-10-16(11-22-12-19)13-23-5-3-17(4-6-23)20(21)24/h7-12,17H,3-6,13H2,1-2H3,(H2,21,24). The molecule has 0 saturated carbocycles. The molecule has 2 aromatic rings. The average molecular weight is 323 g/mol. The minimum absolute atomic E-state index is 0.0426. The van der Waals surface area contributed by atoms with Crippen LogP contribution in [0.25, 0.3) is 11.1 Å². The molecular weight excluding hydrogens is 298 g/mol. The molecule has 24 heavy (non-hydrogen) atoms. The van der Waals surface area contributed by atoms with Crippen molar-refractivity contribution < 1.29 is 4.79 Å². The zero-order valence-corrected chi connectivity index (χ0v) is 14.5. The van der Waals surface area contributed by atoms with Crippen LogP contribution in [0.2, 0.25) is 0 Å². The van der Waals surface area contributed by atoms with Crippen LogP contribution in [-0.4, -0.2) is 28.9 Å². The maximum Gasteiger partial charge on any atom is 0.220 e. The number of piperidine rings is 1. The third kappa shape index (κ3) is 4.01. The first kappa shape index (κ1) is 16.7. The van der Waals surface area contributed by atoms with Gasteiger partial charge in [-0.05, 0) is 57.0 Å². The highest BCUT2D eigenvalue weighted by Gasteiger charge is 2.23. The van der Waals surface area contributed by atoms with Crippen LogP contribution >= 0.6 is 0 Å². The van der Waals surface area contributed by atoms with E-state index in [2.05, 4.69) is 48.0 Å². The van der Waals surface area contributed by atoms with E-state index in [0.717, 1.165) is 38.0 Å². The van der Waals surface area contributed by atoms with Gasteiger partial charge in [0.15, 0.2) is 0 Å². The van der Waals surface area contributed by atoms with E-state index in [1.165, 1.54) is 22.3 Å². The Bertz CT molecular complexity index is 713. The number of rotatable bonds is 4. The van der Waals surface area contributed by atoms with Crippen LogP contribution in [0.15, 0.2) is 36.7 Å². The predicted octanol–water partition coefficient (Wildman–Crippen LogP) is 3.06. The van der Waals surface area contributed by atoms with Gasteiger partial charge in [-0.3, -0.25) is 14.7 Å². The van der Waals surface area contributed by atoms with E-state index in [4.69, 9.17) is 5.73 Å². The third-order valence-electron chi connectivity index (χ3n) is 4.75. The molecule has 0 radical (unpaired) electrons. The molecule has 126 valence electrons. The van der Waals surface area contributed by atoms with Gasteiger partial charge in [0.2, 0.25) is 5.91 Å². The smallest absolute Gasteiger partial charge is 0.220 e. The van der Waals surface area contributed by atoms with Crippen LogP contribution in [-0.2, 0) is 11.3 Å². The largest absolute Gasteiger partial charge is 0.369 e. The summed E-state index contributed by atoms with van der Waals surface area (Å²) in [6.45, 7) is 6.95. The van der Waals surface area contributed by atoms with Crippen LogP contribution < -0.4 is 5.73 Å². The Morgan fingerprint density at radius 1 is 1.08 bits per heavy atom. The summed E-state index contributed by atoms with van der Waals surface area (Å²) in [4.78, 5) is 18.1. The lowest BCUT2D eigenvalue weighted by Crippen LogP contribution is -2.38. The number of nitrogens with two attached hydrogens (primary N) is 1. The number of benzene rings is 1. The van der Waals surface area contributed by atoms with Gasteiger partial charge in [0.05, 0.1) is 0 Å². The number of likely N-dealkylation sites (tertiary alicyclic amines) is 1. The fraction of sp³-hybridized carbons (Fsp3) is 0.400. The molecule has 1 saturated heterocycles. The fourth-order valence-corrected chi connectivity index (χ4v) is 3.51. The molecule has 1 aromatic carbocycles. The first-order valence-corrected chi connectivity index (χ1v) is 8.55. The normalized spacial score (nSPS) is 16.2. The molecule has 0 unspecified atom stereocenters. The summed E-state index contributed by atoms with van der Waals surface area (Å²) in [5.74, 6) is -0.117. The SMILES string of the molecule is Cc1cc(C)cc(-c2cncc(CN3CCC(C(N)=O)CC3)c2)c1. The number of amides is 1. The van der Waals surface area contributed by atoms with E-state index in [-0.39, 0.29) is 11.8 Å². The Kier molecular flexibility index (Phi) is 4.95. The van der Waals surface area contributed by atoms with Gasteiger partial charge in [-0.2, -0.15) is 0 Å². The molecule has 0 aliphatic carbocycles. The van der Waals surface area contributed by atoms with E-state index in [1.54, 1.807) is 0 Å². The number of carbonyl (C=O) groups is 1. The molecule has 3 rings (SSSR count). The molecule has 1 aliphatic rings. The summed E-state index contributed by atoms with van der Waals surface area (Å²) in [6.07, 6.45) is 5.59. The Morgan fingerprint density at radius 2 is 1.75 bits per heavy atom. The van der Waals surface area contributed by atoms with E-state index in [0.29, 0.717) is 0 Å². The zero-order chi connectivity index (χ0) is 17.1. The summed E-state index contributed by atoms with van der Waals surface area (Å²) < 4.78 is 0. The highest BCUT2D eigenvalue weighted by Crippen LogP contribution is 2.24. The Hall–Kier alpha value is -2.20. The topological polar surface area (TPSA) is 59.2 Å². The minimum Gasteiger partial charge on any atom is -0.369 e. The van der Waals surface area contributed by atoms with Crippen LogP contribution in [0.4, 0.5) is 0 Å². The van der Waals surface area contributed by atoms with Gasteiger partial charge in [0.25, 0.3) is 0 Å². The molecule has 4 heteroatoms. The summed E-state index contributed by atoms with van der Waals surface area (Å²) in [7, 11) is 0. The number of aromatic nitrogens is 1. The van der Waals surface area contributed by atoms with Gasteiger partial charge in [0, 0.05) is 30.4 Å². The lowest BCUT2D eigenvalue weighted by molar-refractivity contribution is -0.123. The number of carbonyl (C=O) groups excluding carboxylic acids is 1. The Morgan fingerprint density at radius 3 is 2.38 bits per heavy atom. The molecule has 2 N–H and O–H groups in total. The van der Waals surface area contributed by atoms with Gasteiger partial charge in [-0.15, -0.1) is 0 Å². The second-order valence-electron chi connectivity index (χ2n) is 6.91. The zero-order valence-electron chi connectivity index (χ0n) is 14.5. The molecule has 0 spiro atoms. The molecule has 1 amide bonds. The molecular formula is C20H25N3O. The summed E-state index contributed by atoms with van der Waals surface area (Å²) in [5, 5.41) is 0. The van der Waals surface area contributed by atoms with Crippen LogP contribution in [0.1, 0.15) is 29.5 Å². The van der Waals surface area contributed by atoms with Crippen molar-refractivity contribution in [3.05, 3.63) is 53.3 Å². The predicted molar refractivity (Wildman–Crippen MR) is 96.3 cm³/mol. The van der Waals surface area contributed by atoms with E-state index < -0.39 is 0 Å². The van der Waals surface area contributed by atoms with Crippen molar-refractivity contribution in [3.8, 4) is 11.1 Å². The molecule has 1 aliphatic heterocycles. The van der Waals surface area contributed by atoms with Crippen molar-refractivity contribution in [2.75, 3.05) is 13.1 Å². The maximum absolute atomic E-state index is 11.3. The van der Waals surface area contributed by atoms with Gasteiger partial charge in [-0.25, -0.2) is 0 Å². The van der Waals surface area contributed by atoms with Crippen molar-refractivity contribution >= 4 is 5.91 Å².